The molecule has 3 rings (SSSR count). The van der Waals surface area contributed by atoms with Gasteiger partial charge in [0.1, 0.15) is 0 Å². The molecule has 2 aliphatic rings. The van der Waals surface area contributed by atoms with Gasteiger partial charge in [-0.25, -0.2) is 5.48 Å². The van der Waals surface area contributed by atoms with Crippen molar-refractivity contribution >= 4 is 17.5 Å². The number of nitrogens with zero attached hydrogens (tertiary/aromatic N) is 2. The van der Waals surface area contributed by atoms with E-state index in [0.717, 1.165) is 18.8 Å². The van der Waals surface area contributed by atoms with Gasteiger partial charge in [-0.1, -0.05) is 18.2 Å². The molecule has 1 aromatic carbocycles. The van der Waals surface area contributed by atoms with Gasteiger partial charge in [-0.2, -0.15) is 0 Å². The number of carbonyl (C=O) groups is 2. The molecule has 0 unspecified atom stereocenters. The quantitative estimate of drug-likeness (QED) is 0.552. The molecular formula is C19H27N3O4. The van der Waals surface area contributed by atoms with Crippen LogP contribution in [-0.4, -0.2) is 58.8 Å². The highest BCUT2D eigenvalue weighted by Gasteiger charge is 2.44. The van der Waals surface area contributed by atoms with Crippen LogP contribution in [0.1, 0.15) is 26.2 Å². The third-order valence-corrected chi connectivity index (χ3v) is 5.62. The highest BCUT2D eigenvalue weighted by atomic mass is 16.5. The van der Waals surface area contributed by atoms with E-state index in [4.69, 9.17) is 5.21 Å². The van der Waals surface area contributed by atoms with Crippen LogP contribution >= 0.6 is 0 Å². The SMILES string of the molecule is C[C@]1(O)CC[C@H](C(=O)N2CCN(c3ccccc3)CC2)[C@@H](C(=O)NO)C1. The van der Waals surface area contributed by atoms with E-state index in [2.05, 4.69) is 17.0 Å². The minimum absolute atomic E-state index is 0.0539. The van der Waals surface area contributed by atoms with E-state index in [0.29, 0.717) is 25.9 Å². The second-order valence-corrected chi connectivity index (χ2v) is 7.58. The lowest BCUT2D eigenvalue weighted by Gasteiger charge is -2.42. The fourth-order valence-electron chi connectivity index (χ4n) is 4.10. The van der Waals surface area contributed by atoms with E-state index in [9.17, 15) is 14.7 Å². The van der Waals surface area contributed by atoms with Crippen LogP contribution in [0.5, 0.6) is 0 Å². The Labute approximate surface area is 153 Å². The lowest BCUT2D eigenvalue weighted by Crippen LogP contribution is -2.54. The number of hydroxylamine groups is 1. The lowest BCUT2D eigenvalue weighted by molar-refractivity contribution is -0.152. The minimum Gasteiger partial charge on any atom is -0.390 e. The first-order valence-electron chi connectivity index (χ1n) is 9.16. The molecule has 1 saturated carbocycles. The van der Waals surface area contributed by atoms with Crippen LogP contribution in [0.3, 0.4) is 0 Å². The van der Waals surface area contributed by atoms with Crippen LogP contribution in [0.15, 0.2) is 30.3 Å². The summed E-state index contributed by atoms with van der Waals surface area (Å²) in [4.78, 5) is 29.1. The van der Waals surface area contributed by atoms with Crippen molar-refractivity contribution in [3.05, 3.63) is 30.3 Å². The number of hydrogen-bond donors (Lipinski definition) is 3. The number of piperazine rings is 1. The number of rotatable bonds is 3. The van der Waals surface area contributed by atoms with Crippen molar-refractivity contribution < 1.29 is 19.9 Å². The van der Waals surface area contributed by atoms with Crippen LogP contribution in [0, 0.1) is 11.8 Å². The maximum atomic E-state index is 13.0. The van der Waals surface area contributed by atoms with E-state index in [1.165, 1.54) is 0 Å². The third-order valence-electron chi connectivity index (χ3n) is 5.62. The van der Waals surface area contributed by atoms with Gasteiger partial charge in [0.15, 0.2) is 0 Å². The maximum absolute atomic E-state index is 13.0. The second kappa shape index (κ2) is 7.63. The number of nitrogens with one attached hydrogen (secondary N) is 1. The van der Waals surface area contributed by atoms with Gasteiger partial charge in [0.2, 0.25) is 11.8 Å². The monoisotopic (exact) mass is 361 g/mol. The van der Waals surface area contributed by atoms with E-state index in [1.54, 1.807) is 12.4 Å². The Balaban J connectivity index is 1.64. The van der Waals surface area contributed by atoms with Crippen molar-refractivity contribution in [2.75, 3.05) is 31.1 Å². The lowest BCUT2D eigenvalue weighted by atomic mass is 9.71. The Kier molecular flexibility index (Phi) is 5.48. The zero-order valence-electron chi connectivity index (χ0n) is 15.1. The molecule has 2 fully saturated rings. The summed E-state index contributed by atoms with van der Waals surface area (Å²) in [5.74, 6) is -1.85. The van der Waals surface area contributed by atoms with Gasteiger partial charge in [0.05, 0.1) is 17.4 Å². The van der Waals surface area contributed by atoms with E-state index in [-0.39, 0.29) is 12.3 Å². The topological polar surface area (TPSA) is 93.1 Å². The fourth-order valence-corrected chi connectivity index (χ4v) is 4.10. The molecule has 1 aromatic rings. The summed E-state index contributed by atoms with van der Waals surface area (Å²) in [5.41, 5.74) is 1.82. The zero-order chi connectivity index (χ0) is 18.7. The number of benzene rings is 1. The molecule has 26 heavy (non-hydrogen) atoms. The normalized spacial score (nSPS) is 29.3. The first-order chi connectivity index (χ1) is 12.4. The molecular weight excluding hydrogens is 334 g/mol. The van der Waals surface area contributed by atoms with E-state index < -0.39 is 23.3 Å². The molecule has 2 amide bonds. The Hall–Kier alpha value is -2.12. The summed E-state index contributed by atoms with van der Waals surface area (Å²) in [7, 11) is 0. The van der Waals surface area contributed by atoms with E-state index in [1.807, 2.05) is 23.1 Å². The van der Waals surface area contributed by atoms with Crippen LogP contribution in [0.25, 0.3) is 0 Å². The highest BCUT2D eigenvalue weighted by Crippen LogP contribution is 2.37. The first-order valence-corrected chi connectivity index (χ1v) is 9.16. The van der Waals surface area contributed by atoms with Gasteiger partial charge in [-0.15, -0.1) is 0 Å². The number of aliphatic hydroxyl groups is 1. The van der Waals surface area contributed by atoms with Crippen molar-refractivity contribution in [2.24, 2.45) is 11.8 Å². The van der Waals surface area contributed by atoms with Gasteiger partial charge >= 0.3 is 0 Å². The number of carbonyl (C=O) groups excluding carboxylic acids is 2. The number of hydrogen-bond acceptors (Lipinski definition) is 5. The largest absolute Gasteiger partial charge is 0.390 e. The smallest absolute Gasteiger partial charge is 0.247 e. The van der Waals surface area contributed by atoms with Crippen molar-refractivity contribution in [1.82, 2.24) is 10.4 Å². The maximum Gasteiger partial charge on any atom is 0.247 e. The van der Waals surface area contributed by atoms with Gasteiger partial charge < -0.3 is 14.9 Å². The zero-order valence-corrected chi connectivity index (χ0v) is 15.1. The van der Waals surface area contributed by atoms with Gasteiger partial charge in [-0.05, 0) is 38.3 Å². The average molecular weight is 361 g/mol. The molecule has 3 atom stereocenters. The van der Waals surface area contributed by atoms with Gasteiger partial charge in [0.25, 0.3) is 0 Å². The molecule has 1 aliphatic carbocycles. The molecule has 0 spiro atoms. The van der Waals surface area contributed by atoms with Crippen molar-refractivity contribution in [3.8, 4) is 0 Å². The Morgan fingerprint density at radius 1 is 1.12 bits per heavy atom. The Morgan fingerprint density at radius 2 is 1.77 bits per heavy atom. The molecule has 3 N–H and O–H groups in total. The van der Waals surface area contributed by atoms with Crippen LogP contribution in [-0.2, 0) is 9.59 Å². The standard InChI is InChI=1S/C19H27N3O4/c1-19(25)8-7-15(16(13-19)17(23)20-26)18(24)22-11-9-21(10-12-22)14-5-3-2-4-6-14/h2-6,15-16,25-26H,7-13H2,1H3,(H,20,23)/t15-,16-,19-/m0/s1. The Morgan fingerprint density at radius 3 is 2.38 bits per heavy atom. The number of amides is 2. The second-order valence-electron chi connectivity index (χ2n) is 7.58. The molecule has 0 bridgehead atoms. The summed E-state index contributed by atoms with van der Waals surface area (Å²) in [6.45, 7) is 4.38. The summed E-state index contributed by atoms with van der Waals surface area (Å²) in [5, 5.41) is 19.3. The molecule has 142 valence electrons. The average Bonchev–Trinajstić information content (AvgIpc) is 2.67. The van der Waals surface area contributed by atoms with Crippen molar-refractivity contribution in [3.63, 3.8) is 0 Å². The molecule has 7 nitrogen and oxygen atoms in total. The van der Waals surface area contributed by atoms with E-state index >= 15 is 0 Å². The molecule has 0 aromatic heterocycles. The third kappa shape index (κ3) is 3.99. The van der Waals surface area contributed by atoms with Crippen LogP contribution in [0.2, 0.25) is 0 Å². The highest BCUT2D eigenvalue weighted by molar-refractivity contribution is 5.87. The summed E-state index contributed by atoms with van der Waals surface area (Å²) in [6.07, 6.45) is 1.10. The first kappa shape index (κ1) is 18.7. The van der Waals surface area contributed by atoms with Crippen LogP contribution < -0.4 is 10.4 Å². The molecule has 1 aliphatic heterocycles. The summed E-state index contributed by atoms with van der Waals surface area (Å²) in [6, 6.07) is 10.1. The number of anilines is 1. The van der Waals surface area contributed by atoms with Crippen molar-refractivity contribution in [1.29, 1.82) is 0 Å². The Bertz CT molecular complexity index is 641. The fraction of sp³-hybridized carbons (Fsp3) is 0.579. The molecule has 0 radical (unpaired) electrons. The predicted octanol–water partition coefficient (Wildman–Crippen LogP) is 1.01. The minimum atomic E-state index is -0.986. The predicted molar refractivity (Wildman–Crippen MR) is 96.6 cm³/mol. The molecule has 7 heteroatoms. The summed E-state index contributed by atoms with van der Waals surface area (Å²) >= 11 is 0. The van der Waals surface area contributed by atoms with Crippen molar-refractivity contribution in [2.45, 2.75) is 31.8 Å². The number of para-hydroxylation sites is 1. The van der Waals surface area contributed by atoms with Crippen LogP contribution in [0.4, 0.5) is 5.69 Å². The summed E-state index contributed by atoms with van der Waals surface area (Å²) < 4.78 is 0. The van der Waals surface area contributed by atoms with Gasteiger partial charge in [-0.3, -0.25) is 14.8 Å². The molecule has 1 heterocycles. The van der Waals surface area contributed by atoms with Gasteiger partial charge in [0, 0.05) is 31.9 Å². The molecule has 1 saturated heterocycles.